The highest BCUT2D eigenvalue weighted by Crippen LogP contribution is 2.25. The van der Waals surface area contributed by atoms with E-state index < -0.39 is 0 Å². The summed E-state index contributed by atoms with van der Waals surface area (Å²) in [6, 6.07) is 15.4. The van der Waals surface area contributed by atoms with Crippen molar-refractivity contribution in [3.8, 4) is 11.3 Å². The Morgan fingerprint density at radius 1 is 1.19 bits per heavy atom. The summed E-state index contributed by atoms with van der Waals surface area (Å²) in [7, 11) is 3.70. The van der Waals surface area contributed by atoms with Crippen LogP contribution in [0.15, 0.2) is 63.5 Å². The first-order valence-corrected chi connectivity index (χ1v) is 11.9. The van der Waals surface area contributed by atoms with Crippen LogP contribution in [-0.2, 0) is 24.8 Å². The van der Waals surface area contributed by atoms with E-state index in [-0.39, 0.29) is 11.7 Å². The summed E-state index contributed by atoms with van der Waals surface area (Å²) in [5.74, 6) is 2.64. The fourth-order valence-electron chi connectivity index (χ4n) is 2.98. The van der Waals surface area contributed by atoms with Gasteiger partial charge in [-0.05, 0) is 47.8 Å². The maximum Gasteiger partial charge on any atom is 0.233 e. The van der Waals surface area contributed by atoms with Gasteiger partial charge in [0, 0.05) is 36.0 Å². The Kier molecular flexibility index (Phi) is 6.80. The number of furan rings is 1. The molecule has 0 aliphatic heterocycles. The van der Waals surface area contributed by atoms with Crippen LogP contribution in [0.5, 0.6) is 0 Å². The van der Waals surface area contributed by atoms with Crippen LogP contribution in [0.3, 0.4) is 0 Å². The zero-order valence-corrected chi connectivity index (χ0v) is 19.5. The van der Waals surface area contributed by atoms with E-state index in [1.807, 2.05) is 59.5 Å². The van der Waals surface area contributed by atoms with Crippen LogP contribution in [0.4, 0.5) is 0 Å². The second-order valence-corrected chi connectivity index (χ2v) is 9.44. The minimum absolute atomic E-state index is 0.00255. The highest BCUT2D eigenvalue weighted by molar-refractivity contribution is 7.99. The van der Waals surface area contributed by atoms with Gasteiger partial charge in [-0.25, -0.2) is 0 Å². The maximum atomic E-state index is 12.6. The largest absolute Gasteiger partial charge is 0.459 e. The second-order valence-electron chi connectivity index (χ2n) is 7.03. The summed E-state index contributed by atoms with van der Waals surface area (Å²) in [5.41, 5.74) is 0.945. The van der Waals surface area contributed by atoms with E-state index in [0.29, 0.717) is 11.6 Å². The molecule has 0 radical (unpaired) electrons. The second kappa shape index (κ2) is 9.72. The predicted molar refractivity (Wildman–Crippen MR) is 124 cm³/mol. The lowest BCUT2D eigenvalue weighted by Crippen LogP contribution is -2.27. The van der Waals surface area contributed by atoms with E-state index in [4.69, 9.17) is 16.0 Å². The number of nitrogens with zero attached hydrogens (tertiary/aromatic N) is 4. The first-order chi connectivity index (χ1) is 15.0. The summed E-state index contributed by atoms with van der Waals surface area (Å²) in [6.07, 6.45) is 0.740. The Morgan fingerprint density at radius 2 is 2.00 bits per heavy atom. The van der Waals surface area contributed by atoms with Crippen LogP contribution in [0.1, 0.15) is 16.5 Å². The van der Waals surface area contributed by atoms with Gasteiger partial charge in [0.2, 0.25) is 5.91 Å². The van der Waals surface area contributed by atoms with E-state index in [1.165, 1.54) is 16.6 Å². The molecular weight excluding hydrogens is 452 g/mol. The number of halogens is 1. The molecule has 0 saturated heterocycles. The summed E-state index contributed by atoms with van der Waals surface area (Å²) in [6.45, 7) is 0.398. The molecule has 3 aromatic heterocycles. The van der Waals surface area contributed by atoms with Crippen LogP contribution in [0.2, 0.25) is 5.02 Å². The van der Waals surface area contributed by atoms with E-state index in [2.05, 4.69) is 16.3 Å². The van der Waals surface area contributed by atoms with Crippen molar-refractivity contribution in [3.63, 3.8) is 0 Å². The van der Waals surface area contributed by atoms with Gasteiger partial charge in [0.25, 0.3) is 0 Å². The monoisotopic (exact) mass is 472 g/mol. The van der Waals surface area contributed by atoms with Crippen molar-refractivity contribution < 1.29 is 9.21 Å². The summed E-state index contributed by atoms with van der Waals surface area (Å²) in [5, 5.41) is 12.0. The number of rotatable bonds is 8. The SMILES string of the molecule is CN(Cc1ccc(-c2ccc(Cl)cc2)o1)C(=O)CSc1nnc(Cc2cccs2)n1C. The van der Waals surface area contributed by atoms with Crippen molar-refractivity contribution in [1.29, 1.82) is 0 Å². The third-order valence-corrected chi connectivity index (χ3v) is 6.90. The molecule has 0 aliphatic carbocycles. The molecule has 1 aromatic carbocycles. The lowest BCUT2D eigenvalue weighted by molar-refractivity contribution is -0.127. The highest BCUT2D eigenvalue weighted by Gasteiger charge is 2.16. The number of carbonyl (C=O) groups is 1. The maximum absolute atomic E-state index is 12.6. The van der Waals surface area contributed by atoms with Gasteiger partial charge in [-0.15, -0.1) is 21.5 Å². The summed E-state index contributed by atoms with van der Waals surface area (Å²) < 4.78 is 7.84. The lowest BCUT2D eigenvalue weighted by atomic mass is 10.2. The van der Waals surface area contributed by atoms with E-state index in [0.717, 1.165) is 34.5 Å². The molecule has 0 N–H and O–H groups in total. The molecule has 0 aliphatic rings. The molecule has 9 heteroatoms. The molecule has 0 fully saturated rings. The van der Waals surface area contributed by atoms with Crippen LogP contribution in [0.25, 0.3) is 11.3 Å². The van der Waals surface area contributed by atoms with Gasteiger partial charge in [0.15, 0.2) is 5.16 Å². The number of benzene rings is 1. The molecule has 0 saturated carbocycles. The average Bonchev–Trinajstić information content (AvgIpc) is 3.51. The zero-order chi connectivity index (χ0) is 21.8. The standard InChI is InChI=1S/C22H21ClN4O2S2/c1-26(13-17-9-10-19(29-17)15-5-7-16(23)8-6-15)21(28)14-31-22-25-24-20(27(22)2)12-18-4-3-11-30-18/h3-11H,12-14H2,1-2H3. The number of amides is 1. The molecule has 31 heavy (non-hydrogen) atoms. The Balaban J connectivity index is 1.31. The molecule has 160 valence electrons. The quantitative estimate of drug-likeness (QED) is 0.332. The van der Waals surface area contributed by atoms with Crippen molar-refractivity contribution in [3.05, 3.63) is 75.4 Å². The van der Waals surface area contributed by atoms with Crippen molar-refractivity contribution >= 4 is 40.6 Å². The van der Waals surface area contributed by atoms with Gasteiger partial charge in [0.05, 0.1) is 12.3 Å². The Bertz CT molecular complexity index is 1150. The fraction of sp³-hybridized carbons (Fsp3) is 0.227. The van der Waals surface area contributed by atoms with Crippen molar-refractivity contribution in [2.24, 2.45) is 7.05 Å². The highest BCUT2D eigenvalue weighted by atomic mass is 35.5. The van der Waals surface area contributed by atoms with Gasteiger partial charge < -0.3 is 13.9 Å². The van der Waals surface area contributed by atoms with Crippen molar-refractivity contribution in [2.75, 3.05) is 12.8 Å². The predicted octanol–water partition coefficient (Wildman–Crippen LogP) is 5.13. The molecule has 4 aromatic rings. The normalized spacial score (nSPS) is 11.1. The van der Waals surface area contributed by atoms with Crippen LogP contribution in [-0.4, -0.2) is 38.4 Å². The summed E-state index contributed by atoms with van der Waals surface area (Å²) in [4.78, 5) is 15.5. The number of thiophene rings is 1. The minimum Gasteiger partial charge on any atom is -0.459 e. The van der Waals surface area contributed by atoms with E-state index in [9.17, 15) is 4.79 Å². The molecule has 0 bridgehead atoms. The average molecular weight is 473 g/mol. The van der Waals surface area contributed by atoms with Crippen molar-refractivity contribution in [2.45, 2.75) is 18.1 Å². The number of hydrogen-bond acceptors (Lipinski definition) is 6. The Morgan fingerprint density at radius 3 is 2.74 bits per heavy atom. The van der Waals surface area contributed by atoms with E-state index in [1.54, 1.807) is 23.3 Å². The summed E-state index contributed by atoms with van der Waals surface area (Å²) >= 11 is 9.02. The van der Waals surface area contributed by atoms with Gasteiger partial charge in [-0.3, -0.25) is 4.79 Å². The Hall–Kier alpha value is -2.55. The molecule has 4 rings (SSSR count). The van der Waals surface area contributed by atoms with Crippen LogP contribution >= 0.6 is 34.7 Å². The third kappa shape index (κ3) is 5.39. The van der Waals surface area contributed by atoms with Crippen LogP contribution < -0.4 is 0 Å². The molecule has 3 heterocycles. The van der Waals surface area contributed by atoms with Gasteiger partial charge in [-0.2, -0.15) is 0 Å². The number of hydrogen-bond donors (Lipinski definition) is 0. The van der Waals surface area contributed by atoms with Gasteiger partial charge >= 0.3 is 0 Å². The smallest absolute Gasteiger partial charge is 0.233 e. The molecular formula is C22H21ClN4O2S2. The first kappa shape index (κ1) is 21.7. The lowest BCUT2D eigenvalue weighted by Gasteiger charge is -2.15. The molecule has 1 amide bonds. The van der Waals surface area contributed by atoms with Crippen molar-refractivity contribution in [1.82, 2.24) is 19.7 Å². The topological polar surface area (TPSA) is 64.2 Å². The van der Waals surface area contributed by atoms with Crippen LogP contribution in [0, 0.1) is 0 Å². The number of aromatic nitrogens is 3. The Labute approximate surface area is 193 Å². The molecule has 0 unspecified atom stereocenters. The van der Waals surface area contributed by atoms with Gasteiger partial charge in [0.1, 0.15) is 17.3 Å². The molecule has 6 nitrogen and oxygen atoms in total. The van der Waals surface area contributed by atoms with Gasteiger partial charge in [-0.1, -0.05) is 29.4 Å². The third-order valence-electron chi connectivity index (χ3n) is 4.77. The number of thioether (sulfide) groups is 1. The van der Waals surface area contributed by atoms with E-state index >= 15 is 0 Å². The molecule has 0 spiro atoms. The first-order valence-electron chi connectivity index (χ1n) is 9.61. The minimum atomic E-state index is -0.00255. The fourth-order valence-corrected chi connectivity index (χ4v) is 4.68. The number of carbonyl (C=O) groups excluding carboxylic acids is 1. The molecule has 0 atom stereocenters. The zero-order valence-electron chi connectivity index (χ0n) is 17.1.